The summed E-state index contributed by atoms with van der Waals surface area (Å²) in [7, 11) is 0. The van der Waals surface area contributed by atoms with Gasteiger partial charge in [0.1, 0.15) is 10.8 Å². The number of thiazole rings is 1. The van der Waals surface area contributed by atoms with Gasteiger partial charge in [-0.05, 0) is 30.3 Å². The van der Waals surface area contributed by atoms with E-state index in [0.29, 0.717) is 16.3 Å². The van der Waals surface area contributed by atoms with Crippen molar-refractivity contribution in [1.29, 1.82) is 0 Å². The standard InChI is InChI=1S/C16H10ClNO2S/c1-2-15(19)20-13-8-7-10(17)9-11(13)16-18-12-5-3-4-6-14(12)21-16/h2-9H,1H2. The molecule has 0 aliphatic heterocycles. The maximum Gasteiger partial charge on any atom is 0.335 e. The largest absolute Gasteiger partial charge is 0.423 e. The number of aromatic nitrogens is 1. The molecular formula is C16H10ClNO2S. The molecule has 0 amide bonds. The van der Waals surface area contributed by atoms with Crippen molar-refractivity contribution in [3.05, 3.63) is 60.1 Å². The van der Waals surface area contributed by atoms with Gasteiger partial charge < -0.3 is 4.74 Å². The predicted molar refractivity (Wildman–Crippen MR) is 85.9 cm³/mol. The summed E-state index contributed by atoms with van der Waals surface area (Å²) in [5, 5.41) is 1.31. The van der Waals surface area contributed by atoms with Crippen LogP contribution in [0.5, 0.6) is 5.75 Å². The topological polar surface area (TPSA) is 39.2 Å². The lowest BCUT2D eigenvalue weighted by atomic mass is 10.2. The summed E-state index contributed by atoms with van der Waals surface area (Å²) < 4.78 is 6.31. The molecule has 0 N–H and O–H groups in total. The van der Waals surface area contributed by atoms with Crippen LogP contribution in [0.4, 0.5) is 0 Å². The van der Waals surface area contributed by atoms with Crippen LogP contribution in [0.2, 0.25) is 5.02 Å². The van der Waals surface area contributed by atoms with Gasteiger partial charge in [-0.3, -0.25) is 0 Å². The maximum absolute atomic E-state index is 11.4. The zero-order valence-electron chi connectivity index (χ0n) is 10.9. The quantitative estimate of drug-likeness (QED) is 0.399. The summed E-state index contributed by atoms with van der Waals surface area (Å²) in [5.41, 5.74) is 1.59. The summed E-state index contributed by atoms with van der Waals surface area (Å²) in [6.07, 6.45) is 1.12. The van der Waals surface area contributed by atoms with Gasteiger partial charge in [0.25, 0.3) is 0 Å². The van der Waals surface area contributed by atoms with Gasteiger partial charge in [-0.25, -0.2) is 9.78 Å². The van der Waals surface area contributed by atoms with E-state index < -0.39 is 5.97 Å². The van der Waals surface area contributed by atoms with Crippen LogP contribution in [0, 0.1) is 0 Å². The van der Waals surface area contributed by atoms with E-state index in [1.807, 2.05) is 24.3 Å². The van der Waals surface area contributed by atoms with Crippen molar-refractivity contribution in [3.63, 3.8) is 0 Å². The van der Waals surface area contributed by atoms with Gasteiger partial charge in [0.05, 0.1) is 15.8 Å². The number of rotatable bonds is 3. The number of fused-ring (bicyclic) bond motifs is 1. The molecule has 3 rings (SSSR count). The molecule has 0 spiro atoms. The van der Waals surface area contributed by atoms with Crippen LogP contribution < -0.4 is 4.74 Å². The van der Waals surface area contributed by atoms with Crippen LogP contribution in [0.25, 0.3) is 20.8 Å². The van der Waals surface area contributed by atoms with Gasteiger partial charge in [0.15, 0.2) is 0 Å². The molecule has 1 heterocycles. The third-order valence-electron chi connectivity index (χ3n) is 2.84. The normalized spacial score (nSPS) is 10.5. The number of esters is 1. The van der Waals surface area contributed by atoms with Crippen molar-refractivity contribution < 1.29 is 9.53 Å². The minimum Gasteiger partial charge on any atom is -0.423 e. The minimum atomic E-state index is -0.514. The van der Waals surface area contributed by atoms with E-state index in [9.17, 15) is 4.79 Å². The lowest BCUT2D eigenvalue weighted by Crippen LogP contribution is -2.04. The monoisotopic (exact) mass is 315 g/mol. The molecule has 0 unspecified atom stereocenters. The molecular weight excluding hydrogens is 306 g/mol. The molecule has 0 atom stereocenters. The molecule has 104 valence electrons. The number of hydrogen-bond acceptors (Lipinski definition) is 4. The average molecular weight is 316 g/mol. The Kier molecular flexibility index (Phi) is 3.73. The van der Waals surface area contributed by atoms with Crippen molar-refractivity contribution in [2.24, 2.45) is 0 Å². The van der Waals surface area contributed by atoms with Crippen LogP contribution in [0.1, 0.15) is 0 Å². The van der Waals surface area contributed by atoms with Crippen molar-refractivity contribution in [2.75, 3.05) is 0 Å². The Morgan fingerprint density at radius 1 is 1.29 bits per heavy atom. The summed E-state index contributed by atoms with van der Waals surface area (Å²) >= 11 is 7.57. The Morgan fingerprint density at radius 2 is 2.10 bits per heavy atom. The molecule has 0 fully saturated rings. The fourth-order valence-electron chi connectivity index (χ4n) is 1.90. The highest BCUT2D eigenvalue weighted by Gasteiger charge is 2.14. The molecule has 0 aliphatic carbocycles. The first kappa shape index (κ1) is 13.8. The van der Waals surface area contributed by atoms with Crippen LogP contribution in [0.15, 0.2) is 55.1 Å². The number of para-hydroxylation sites is 1. The van der Waals surface area contributed by atoms with Gasteiger partial charge in [-0.1, -0.05) is 30.3 Å². The van der Waals surface area contributed by atoms with Crippen LogP contribution >= 0.6 is 22.9 Å². The number of halogens is 1. The van der Waals surface area contributed by atoms with Crippen molar-refractivity contribution >= 4 is 39.1 Å². The zero-order valence-corrected chi connectivity index (χ0v) is 12.4. The lowest BCUT2D eigenvalue weighted by Gasteiger charge is -2.07. The number of benzene rings is 2. The number of hydrogen-bond donors (Lipinski definition) is 0. The molecule has 0 radical (unpaired) electrons. The molecule has 0 saturated heterocycles. The number of carbonyl (C=O) groups is 1. The van der Waals surface area contributed by atoms with Gasteiger partial charge >= 0.3 is 5.97 Å². The Bertz CT molecular complexity index is 808. The second-order valence-corrected chi connectivity index (χ2v) is 5.72. The molecule has 3 aromatic rings. The SMILES string of the molecule is C=CC(=O)Oc1ccc(Cl)cc1-c1nc2ccccc2s1. The second kappa shape index (κ2) is 5.68. The maximum atomic E-state index is 11.4. The molecule has 2 aromatic carbocycles. The third kappa shape index (κ3) is 2.82. The molecule has 0 bridgehead atoms. The van der Waals surface area contributed by atoms with E-state index >= 15 is 0 Å². The number of ether oxygens (including phenoxy) is 1. The van der Waals surface area contributed by atoms with Crippen LogP contribution in [-0.4, -0.2) is 11.0 Å². The van der Waals surface area contributed by atoms with Crippen molar-refractivity contribution in [1.82, 2.24) is 4.98 Å². The van der Waals surface area contributed by atoms with Gasteiger partial charge in [0, 0.05) is 11.1 Å². The fraction of sp³-hybridized carbons (Fsp3) is 0. The molecule has 3 nitrogen and oxygen atoms in total. The molecule has 1 aromatic heterocycles. The Balaban J connectivity index is 2.13. The van der Waals surface area contributed by atoms with E-state index in [2.05, 4.69) is 11.6 Å². The summed E-state index contributed by atoms with van der Waals surface area (Å²) in [5.74, 6) is -0.0944. The van der Waals surface area contributed by atoms with Gasteiger partial charge in [-0.2, -0.15) is 0 Å². The summed E-state index contributed by atoms with van der Waals surface area (Å²) in [4.78, 5) is 16.0. The minimum absolute atomic E-state index is 0.420. The second-order valence-electron chi connectivity index (χ2n) is 4.25. The molecule has 0 saturated carbocycles. The lowest BCUT2D eigenvalue weighted by molar-refractivity contribution is -0.128. The van der Waals surface area contributed by atoms with E-state index in [-0.39, 0.29) is 0 Å². The molecule has 0 aliphatic rings. The van der Waals surface area contributed by atoms with Gasteiger partial charge in [0.2, 0.25) is 0 Å². The highest BCUT2D eigenvalue weighted by atomic mass is 35.5. The third-order valence-corrected chi connectivity index (χ3v) is 4.15. The Morgan fingerprint density at radius 3 is 2.86 bits per heavy atom. The average Bonchev–Trinajstić information content (AvgIpc) is 2.92. The number of carbonyl (C=O) groups excluding carboxylic acids is 1. The first-order valence-corrected chi connectivity index (χ1v) is 7.36. The highest BCUT2D eigenvalue weighted by Crippen LogP contribution is 2.37. The van der Waals surface area contributed by atoms with Gasteiger partial charge in [-0.15, -0.1) is 11.3 Å². The van der Waals surface area contributed by atoms with Crippen LogP contribution in [-0.2, 0) is 4.79 Å². The van der Waals surface area contributed by atoms with E-state index in [1.54, 1.807) is 18.2 Å². The first-order valence-electron chi connectivity index (χ1n) is 6.17. The first-order chi connectivity index (χ1) is 10.2. The van der Waals surface area contributed by atoms with Crippen molar-refractivity contribution in [3.8, 4) is 16.3 Å². The molecule has 5 heteroatoms. The number of nitrogens with zero attached hydrogens (tertiary/aromatic N) is 1. The Labute approximate surface area is 130 Å². The Hall–Kier alpha value is -2.17. The fourth-order valence-corrected chi connectivity index (χ4v) is 3.05. The van der Waals surface area contributed by atoms with E-state index in [0.717, 1.165) is 21.3 Å². The predicted octanol–water partition coefficient (Wildman–Crippen LogP) is 4.71. The zero-order chi connectivity index (χ0) is 14.8. The highest BCUT2D eigenvalue weighted by molar-refractivity contribution is 7.21. The summed E-state index contributed by atoms with van der Waals surface area (Å²) in [6.45, 7) is 3.40. The smallest absolute Gasteiger partial charge is 0.335 e. The van der Waals surface area contributed by atoms with Crippen LogP contribution in [0.3, 0.4) is 0 Å². The summed E-state index contributed by atoms with van der Waals surface area (Å²) in [6, 6.07) is 12.9. The molecule has 21 heavy (non-hydrogen) atoms. The van der Waals surface area contributed by atoms with Crippen molar-refractivity contribution in [2.45, 2.75) is 0 Å². The van der Waals surface area contributed by atoms with E-state index in [4.69, 9.17) is 16.3 Å². The van der Waals surface area contributed by atoms with E-state index in [1.165, 1.54) is 11.3 Å².